The second-order valence-electron chi connectivity index (χ2n) is 4.27. The lowest BCUT2D eigenvalue weighted by atomic mass is 10.3. The summed E-state index contributed by atoms with van der Waals surface area (Å²) in [5.41, 5.74) is 1.64. The molecule has 2 aromatic rings. The van der Waals surface area contributed by atoms with Gasteiger partial charge in [-0.2, -0.15) is 10.2 Å². The zero-order valence-electron chi connectivity index (χ0n) is 9.24. The summed E-state index contributed by atoms with van der Waals surface area (Å²) in [7, 11) is 1.84. The number of amides is 1. The predicted molar refractivity (Wildman–Crippen MR) is 59.0 cm³/mol. The molecule has 2 heterocycles. The minimum Gasteiger partial charge on any atom is -0.310 e. The van der Waals surface area contributed by atoms with Crippen LogP contribution >= 0.6 is 0 Å². The molecule has 0 bridgehead atoms. The maximum atomic E-state index is 11.6. The maximum Gasteiger partial charge on any atom is 0.228 e. The van der Waals surface area contributed by atoms with Crippen LogP contribution in [0.1, 0.15) is 18.5 Å². The molecule has 84 valence electrons. The number of carbonyl (C=O) groups is 1. The van der Waals surface area contributed by atoms with E-state index < -0.39 is 0 Å². The van der Waals surface area contributed by atoms with E-state index in [0.717, 1.165) is 29.6 Å². The molecule has 6 nitrogen and oxygen atoms in total. The Morgan fingerprint density at radius 2 is 2.31 bits per heavy atom. The van der Waals surface area contributed by atoms with Crippen molar-refractivity contribution >= 4 is 22.8 Å². The number of carbonyl (C=O) groups excluding carboxylic acids is 1. The quantitative estimate of drug-likeness (QED) is 0.789. The predicted octanol–water partition coefficient (Wildman–Crippen LogP) is 0.953. The van der Waals surface area contributed by atoms with E-state index >= 15 is 0 Å². The lowest BCUT2D eigenvalue weighted by Crippen LogP contribution is -2.13. The molecule has 6 heteroatoms. The van der Waals surface area contributed by atoms with Gasteiger partial charge in [0.05, 0.1) is 11.1 Å². The van der Waals surface area contributed by atoms with E-state index in [1.165, 1.54) is 0 Å². The van der Waals surface area contributed by atoms with Crippen LogP contribution < -0.4 is 5.32 Å². The molecular weight excluding hydrogens is 206 g/mol. The Kier molecular flexibility index (Phi) is 1.80. The van der Waals surface area contributed by atoms with E-state index in [1.54, 1.807) is 4.68 Å². The molecule has 1 aliphatic carbocycles. The number of anilines is 1. The number of aryl methyl sites for hydroxylation is 2. The number of H-pyrrole nitrogens is 1. The van der Waals surface area contributed by atoms with E-state index in [-0.39, 0.29) is 11.8 Å². The Labute approximate surface area is 92.0 Å². The Balaban J connectivity index is 1.99. The van der Waals surface area contributed by atoms with Crippen LogP contribution in [0.15, 0.2) is 0 Å². The highest BCUT2D eigenvalue weighted by molar-refractivity contribution is 6.01. The molecular formula is C10H13N5O. The third-order valence-corrected chi connectivity index (χ3v) is 2.91. The van der Waals surface area contributed by atoms with Crippen molar-refractivity contribution in [3.8, 4) is 0 Å². The SMILES string of the molecule is Cc1nn(C)c2n[nH]c(NC(=O)C3CC3)c12. The monoisotopic (exact) mass is 219 g/mol. The molecule has 16 heavy (non-hydrogen) atoms. The van der Waals surface area contributed by atoms with Crippen molar-refractivity contribution in [1.29, 1.82) is 0 Å². The summed E-state index contributed by atoms with van der Waals surface area (Å²) in [4.78, 5) is 11.6. The summed E-state index contributed by atoms with van der Waals surface area (Å²) in [6.45, 7) is 1.91. The van der Waals surface area contributed by atoms with E-state index in [1.807, 2.05) is 14.0 Å². The van der Waals surface area contributed by atoms with Gasteiger partial charge < -0.3 is 5.32 Å². The molecule has 0 saturated heterocycles. The third-order valence-electron chi connectivity index (χ3n) is 2.91. The largest absolute Gasteiger partial charge is 0.310 e. The molecule has 0 radical (unpaired) electrons. The van der Waals surface area contributed by atoms with E-state index in [0.29, 0.717) is 5.82 Å². The van der Waals surface area contributed by atoms with Crippen molar-refractivity contribution in [2.45, 2.75) is 19.8 Å². The average Bonchev–Trinajstić information content (AvgIpc) is 2.94. The van der Waals surface area contributed by atoms with Crippen LogP contribution in [-0.4, -0.2) is 25.9 Å². The van der Waals surface area contributed by atoms with Gasteiger partial charge in [-0.15, -0.1) is 0 Å². The molecule has 0 atom stereocenters. The summed E-state index contributed by atoms with van der Waals surface area (Å²) in [6, 6.07) is 0. The number of nitrogens with one attached hydrogen (secondary N) is 2. The molecule has 1 amide bonds. The molecule has 0 unspecified atom stereocenters. The topological polar surface area (TPSA) is 75.6 Å². The van der Waals surface area contributed by atoms with Crippen LogP contribution in [-0.2, 0) is 11.8 Å². The minimum absolute atomic E-state index is 0.0776. The summed E-state index contributed by atoms with van der Waals surface area (Å²) < 4.78 is 1.70. The number of aromatic amines is 1. The molecule has 0 spiro atoms. The first-order chi connectivity index (χ1) is 7.66. The zero-order chi connectivity index (χ0) is 11.3. The molecule has 2 aromatic heterocycles. The van der Waals surface area contributed by atoms with Gasteiger partial charge in [-0.25, -0.2) is 4.68 Å². The van der Waals surface area contributed by atoms with Gasteiger partial charge in [0, 0.05) is 13.0 Å². The van der Waals surface area contributed by atoms with Crippen LogP contribution in [0.2, 0.25) is 0 Å². The van der Waals surface area contributed by atoms with Gasteiger partial charge >= 0.3 is 0 Å². The normalized spacial score (nSPS) is 15.6. The van der Waals surface area contributed by atoms with E-state index in [9.17, 15) is 4.79 Å². The summed E-state index contributed by atoms with van der Waals surface area (Å²) in [5, 5.41) is 15.0. The first-order valence-electron chi connectivity index (χ1n) is 5.35. The Hall–Kier alpha value is -1.85. The summed E-state index contributed by atoms with van der Waals surface area (Å²) in [6.07, 6.45) is 1.99. The second-order valence-corrected chi connectivity index (χ2v) is 4.27. The number of hydrogen-bond donors (Lipinski definition) is 2. The highest BCUT2D eigenvalue weighted by atomic mass is 16.2. The Morgan fingerprint density at radius 1 is 1.56 bits per heavy atom. The number of fused-ring (bicyclic) bond motifs is 1. The minimum atomic E-state index is 0.0776. The van der Waals surface area contributed by atoms with Crippen LogP contribution in [0.5, 0.6) is 0 Å². The Bertz CT molecular complexity index is 563. The summed E-state index contributed by atoms with van der Waals surface area (Å²) in [5.74, 6) is 0.932. The third kappa shape index (κ3) is 1.30. The standard InChI is InChI=1S/C10H13N5O/c1-5-7-8(11-10(16)6-3-4-6)12-13-9(7)15(2)14-5/h6H,3-4H2,1-2H3,(H2,11,12,13,16). The molecule has 1 fully saturated rings. The van der Waals surface area contributed by atoms with Crippen molar-refractivity contribution < 1.29 is 4.79 Å². The van der Waals surface area contributed by atoms with Crippen molar-refractivity contribution in [3.05, 3.63) is 5.69 Å². The van der Waals surface area contributed by atoms with Crippen LogP contribution in [0, 0.1) is 12.8 Å². The first-order valence-corrected chi connectivity index (χ1v) is 5.35. The fourth-order valence-corrected chi connectivity index (χ4v) is 1.89. The van der Waals surface area contributed by atoms with E-state index in [4.69, 9.17) is 0 Å². The van der Waals surface area contributed by atoms with Gasteiger partial charge in [0.1, 0.15) is 5.82 Å². The second kappa shape index (κ2) is 3.07. The van der Waals surface area contributed by atoms with E-state index in [2.05, 4.69) is 20.6 Å². The maximum absolute atomic E-state index is 11.6. The lowest BCUT2D eigenvalue weighted by Gasteiger charge is -2.00. The Morgan fingerprint density at radius 3 is 3.00 bits per heavy atom. The van der Waals surface area contributed by atoms with Crippen molar-refractivity contribution in [2.75, 3.05) is 5.32 Å². The first kappa shape index (κ1) is 9.38. The summed E-state index contributed by atoms with van der Waals surface area (Å²) >= 11 is 0. The van der Waals surface area contributed by atoms with Crippen molar-refractivity contribution in [2.24, 2.45) is 13.0 Å². The number of rotatable bonds is 2. The molecule has 0 aromatic carbocycles. The number of nitrogens with zero attached hydrogens (tertiary/aromatic N) is 3. The highest BCUT2D eigenvalue weighted by Crippen LogP contribution is 2.31. The number of aromatic nitrogens is 4. The number of hydrogen-bond acceptors (Lipinski definition) is 3. The molecule has 3 rings (SSSR count). The molecule has 1 saturated carbocycles. The highest BCUT2D eigenvalue weighted by Gasteiger charge is 2.30. The van der Waals surface area contributed by atoms with Gasteiger partial charge in [-0.05, 0) is 19.8 Å². The fraction of sp³-hybridized carbons (Fsp3) is 0.500. The lowest BCUT2D eigenvalue weighted by molar-refractivity contribution is -0.117. The molecule has 2 N–H and O–H groups in total. The van der Waals surface area contributed by atoms with Gasteiger partial charge in [-0.1, -0.05) is 0 Å². The smallest absolute Gasteiger partial charge is 0.228 e. The fourth-order valence-electron chi connectivity index (χ4n) is 1.89. The zero-order valence-corrected chi connectivity index (χ0v) is 9.24. The molecule has 0 aliphatic heterocycles. The van der Waals surface area contributed by atoms with Gasteiger partial charge in [0.15, 0.2) is 5.65 Å². The van der Waals surface area contributed by atoms with Crippen molar-refractivity contribution in [3.63, 3.8) is 0 Å². The van der Waals surface area contributed by atoms with Crippen LogP contribution in [0.3, 0.4) is 0 Å². The van der Waals surface area contributed by atoms with Gasteiger partial charge in [-0.3, -0.25) is 9.89 Å². The van der Waals surface area contributed by atoms with Gasteiger partial charge in [0.25, 0.3) is 0 Å². The van der Waals surface area contributed by atoms with Crippen LogP contribution in [0.4, 0.5) is 5.82 Å². The van der Waals surface area contributed by atoms with Crippen molar-refractivity contribution in [1.82, 2.24) is 20.0 Å². The van der Waals surface area contributed by atoms with Gasteiger partial charge in [0.2, 0.25) is 5.91 Å². The van der Waals surface area contributed by atoms with Crippen LogP contribution in [0.25, 0.3) is 11.0 Å². The average molecular weight is 219 g/mol. The molecule has 1 aliphatic rings.